The van der Waals surface area contributed by atoms with Crippen LogP contribution in [0.2, 0.25) is 0 Å². The van der Waals surface area contributed by atoms with Crippen molar-refractivity contribution in [2.24, 2.45) is 0 Å². The van der Waals surface area contributed by atoms with E-state index in [1.54, 1.807) is 0 Å². The first-order valence-electron chi connectivity index (χ1n) is 6.71. The molecule has 0 saturated heterocycles. The van der Waals surface area contributed by atoms with Crippen molar-refractivity contribution in [3.63, 3.8) is 0 Å². The maximum absolute atomic E-state index is 12.1. The van der Waals surface area contributed by atoms with Crippen LogP contribution in [-0.2, 0) is 9.53 Å². The van der Waals surface area contributed by atoms with Crippen LogP contribution in [-0.4, -0.2) is 18.1 Å². The number of aromatic nitrogens is 1. The molecule has 0 aliphatic heterocycles. The maximum Gasteiger partial charge on any atom is 0.338 e. The minimum absolute atomic E-state index is 0.341. The zero-order valence-corrected chi connectivity index (χ0v) is 11.7. The highest BCUT2D eigenvalue weighted by atomic mass is 16.5. The number of ether oxygens (including phenoxy) is 1. The molecule has 3 nitrogen and oxygen atoms in total. The van der Waals surface area contributed by atoms with Gasteiger partial charge in [-0.1, -0.05) is 48.5 Å². The molecule has 0 amide bonds. The van der Waals surface area contributed by atoms with Crippen LogP contribution in [0, 0.1) is 0 Å². The molecule has 0 bridgehead atoms. The van der Waals surface area contributed by atoms with Crippen LogP contribution in [0.15, 0.2) is 60.8 Å². The molecule has 1 aromatic heterocycles. The van der Waals surface area contributed by atoms with Gasteiger partial charge in [0, 0.05) is 22.7 Å². The van der Waals surface area contributed by atoms with E-state index < -0.39 is 0 Å². The Bertz CT molecular complexity index is 800. The van der Waals surface area contributed by atoms with Gasteiger partial charge in [-0.25, -0.2) is 4.79 Å². The number of esters is 1. The first-order chi connectivity index (χ1) is 10.3. The summed E-state index contributed by atoms with van der Waals surface area (Å²) in [5.74, 6) is -0.341. The summed E-state index contributed by atoms with van der Waals surface area (Å²) in [6, 6.07) is 17.5. The quantitative estimate of drug-likeness (QED) is 0.583. The molecule has 1 N–H and O–H groups in total. The van der Waals surface area contributed by atoms with Gasteiger partial charge in [0.25, 0.3) is 0 Å². The lowest BCUT2D eigenvalue weighted by Gasteiger charge is -2.05. The molecule has 3 aromatic rings. The molecule has 3 heteroatoms. The Labute approximate surface area is 122 Å². The van der Waals surface area contributed by atoms with E-state index in [1.807, 2.05) is 66.9 Å². The van der Waals surface area contributed by atoms with Gasteiger partial charge in [-0.05, 0) is 17.7 Å². The van der Waals surface area contributed by atoms with Crippen molar-refractivity contribution >= 4 is 28.5 Å². The normalized spacial score (nSPS) is 11.6. The molecule has 0 spiro atoms. The molecule has 21 heavy (non-hydrogen) atoms. The Hall–Kier alpha value is -2.81. The van der Waals surface area contributed by atoms with Crippen molar-refractivity contribution in [2.45, 2.75) is 0 Å². The highest BCUT2D eigenvalue weighted by Gasteiger charge is 2.13. The van der Waals surface area contributed by atoms with Crippen molar-refractivity contribution in [1.29, 1.82) is 0 Å². The Balaban J connectivity index is 2.14. The van der Waals surface area contributed by atoms with Gasteiger partial charge in [-0.3, -0.25) is 0 Å². The second-order valence-corrected chi connectivity index (χ2v) is 4.71. The average molecular weight is 277 g/mol. The van der Waals surface area contributed by atoms with Gasteiger partial charge in [0.2, 0.25) is 0 Å². The molecule has 104 valence electrons. The summed E-state index contributed by atoms with van der Waals surface area (Å²) in [5.41, 5.74) is 3.40. The lowest BCUT2D eigenvalue weighted by Crippen LogP contribution is -2.03. The molecule has 0 radical (unpaired) electrons. The highest BCUT2D eigenvalue weighted by molar-refractivity contribution is 6.22. The first kappa shape index (κ1) is 13.2. The van der Waals surface area contributed by atoms with E-state index in [4.69, 9.17) is 4.74 Å². The molecule has 0 fully saturated rings. The Morgan fingerprint density at radius 1 is 1.05 bits per heavy atom. The fraction of sp³-hybridized carbons (Fsp3) is 0.0556. The Morgan fingerprint density at radius 2 is 1.76 bits per heavy atom. The molecule has 3 rings (SSSR count). The number of H-pyrrole nitrogens is 1. The van der Waals surface area contributed by atoms with Crippen LogP contribution in [0.25, 0.3) is 22.6 Å². The number of hydrogen-bond donors (Lipinski definition) is 1. The van der Waals surface area contributed by atoms with E-state index in [0.29, 0.717) is 5.57 Å². The number of benzene rings is 2. The smallest absolute Gasteiger partial charge is 0.338 e. The first-order valence-corrected chi connectivity index (χ1v) is 6.71. The third-order valence-corrected chi connectivity index (χ3v) is 3.41. The van der Waals surface area contributed by atoms with Crippen molar-refractivity contribution in [3.8, 4) is 0 Å². The summed E-state index contributed by atoms with van der Waals surface area (Å²) >= 11 is 0. The Kier molecular flexibility index (Phi) is 3.56. The van der Waals surface area contributed by atoms with Crippen LogP contribution in [0.1, 0.15) is 11.1 Å². The monoisotopic (exact) mass is 277 g/mol. The lowest BCUT2D eigenvalue weighted by molar-refractivity contribution is -0.133. The van der Waals surface area contributed by atoms with Gasteiger partial charge >= 0.3 is 5.97 Å². The number of aromatic amines is 1. The second kappa shape index (κ2) is 5.67. The summed E-state index contributed by atoms with van der Waals surface area (Å²) < 4.78 is 4.91. The van der Waals surface area contributed by atoms with Gasteiger partial charge in [0.05, 0.1) is 12.7 Å². The van der Waals surface area contributed by atoms with Crippen molar-refractivity contribution in [1.82, 2.24) is 4.98 Å². The number of nitrogens with one attached hydrogen (secondary N) is 1. The van der Waals surface area contributed by atoms with Gasteiger partial charge in [-0.2, -0.15) is 0 Å². The van der Waals surface area contributed by atoms with Gasteiger partial charge in [0.1, 0.15) is 0 Å². The van der Waals surface area contributed by atoms with Crippen molar-refractivity contribution < 1.29 is 9.53 Å². The molecular formula is C18H15NO2. The number of hydrogen-bond acceptors (Lipinski definition) is 2. The minimum atomic E-state index is -0.341. The SMILES string of the molecule is COC(=O)C(=Cc1c[nH]c2ccccc12)c1ccccc1. The molecular weight excluding hydrogens is 262 g/mol. The minimum Gasteiger partial charge on any atom is -0.465 e. The van der Waals surface area contributed by atoms with Crippen LogP contribution in [0.4, 0.5) is 0 Å². The summed E-state index contributed by atoms with van der Waals surface area (Å²) in [4.78, 5) is 15.3. The van der Waals surface area contributed by atoms with Crippen molar-refractivity contribution in [2.75, 3.05) is 7.11 Å². The largest absolute Gasteiger partial charge is 0.465 e. The van der Waals surface area contributed by atoms with Gasteiger partial charge in [0.15, 0.2) is 0 Å². The van der Waals surface area contributed by atoms with E-state index in [1.165, 1.54) is 7.11 Å². The third kappa shape index (κ3) is 2.58. The molecule has 0 atom stereocenters. The van der Waals surface area contributed by atoms with Crippen LogP contribution in [0.3, 0.4) is 0 Å². The molecule has 2 aromatic carbocycles. The number of para-hydroxylation sites is 1. The number of fused-ring (bicyclic) bond motifs is 1. The summed E-state index contributed by atoms with van der Waals surface area (Å²) in [6.07, 6.45) is 3.76. The fourth-order valence-electron chi connectivity index (χ4n) is 2.36. The average Bonchev–Trinajstić information content (AvgIpc) is 2.96. The standard InChI is InChI=1S/C18H15NO2/c1-21-18(20)16(13-7-3-2-4-8-13)11-14-12-19-17-10-6-5-9-15(14)17/h2-12,19H,1H3. The third-order valence-electron chi connectivity index (χ3n) is 3.41. The number of carbonyl (C=O) groups is 1. The van der Waals surface area contributed by atoms with Crippen LogP contribution < -0.4 is 0 Å². The molecule has 1 heterocycles. The summed E-state index contributed by atoms with van der Waals surface area (Å²) in [6.45, 7) is 0. The van der Waals surface area contributed by atoms with E-state index in [9.17, 15) is 4.79 Å². The fourth-order valence-corrected chi connectivity index (χ4v) is 2.36. The van der Waals surface area contributed by atoms with Gasteiger partial charge in [-0.15, -0.1) is 0 Å². The number of rotatable bonds is 3. The number of carbonyl (C=O) groups excluding carboxylic acids is 1. The van der Waals surface area contributed by atoms with E-state index in [2.05, 4.69) is 4.98 Å². The predicted octanol–water partition coefficient (Wildman–Crippen LogP) is 3.88. The second-order valence-electron chi connectivity index (χ2n) is 4.71. The maximum atomic E-state index is 12.1. The predicted molar refractivity (Wildman–Crippen MR) is 84.6 cm³/mol. The molecule has 0 aliphatic rings. The topological polar surface area (TPSA) is 42.1 Å². The van der Waals surface area contributed by atoms with E-state index >= 15 is 0 Å². The lowest BCUT2D eigenvalue weighted by atomic mass is 10.0. The van der Waals surface area contributed by atoms with Crippen LogP contribution >= 0.6 is 0 Å². The van der Waals surface area contributed by atoms with Crippen molar-refractivity contribution in [3.05, 3.63) is 71.9 Å². The number of methoxy groups -OCH3 is 1. The zero-order chi connectivity index (χ0) is 14.7. The Morgan fingerprint density at radius 3 is 2.52 bits per heavy atom. The van der Waals surface area contributed by atoms with E-state index in [0.717, 1.165) is 22.0 Å². The highest BCUT2D eigenvalue weighted by Crippen LogP contribution is 2.24. The molecule has 0 saturated carbocycles. The van der Waals surface area contributed by atoms with Crippen LogP contribution in [0.5, 0.6) is 0 Å². The van der Waals surface area contributed by atoms with E-state index in [-0.39, 0.29) is 5.97 Å². The zero-order valence-electron chi connectivity index (χ0n) is 11.7. The summed E-state index contributed by atoms with van der Waals surface area (Å²) in [7, 11) is 1.40. The molecule has 0 unspecified atom stereocenters. The molecule has 0 aliphatic carbocycles. The summed E-state index contributed by atoms with van der Waals surface area (Å²) in [5, 5.41) is 1.08. The van der Waals surface area contributed by atoms with Gasteiger partial charge < -0.3 is 9.72 Å².